The van der Waals surface area contributed by atoms with Gasteiger partial charge >= 0.3 is 6.18 Å². The number of hydrogen-bond donors (Lipinski definition) is 1. The molecule has 45 heavy (non-hydrogen) atoms. The molecule has 2 aromatic heterocycles. The predicted octanol–water partition coefficient (Wildman–Crippen LogP) is 6.63. The normalized spacial score (nSPS) is 14.7. The fourth-order valence-electron chi connectivity index (χ4n) is 5.26. The third-order valence-corrected chi connectivity index (χ3v) is 9.62. The number of ketones is 1. The van der Waals surface area contributed by atoms with Crippen molar-refractivity contribution in [2.24, 2.45) is 0 Å². The van der Waals surface area contributed by atoms with E-state index in [1.54, 1.807) is 12.3 Å². The van der Waals surface area contributed by atoms with Gasteiger partial charge in [-0.25, -0.2) is 12.9 Å². The molecule has 1 aliphatic rings. The highest BCUT2D eigenvalue weighted by Crippen LogP contribution is 2.37. The number of nitrogens with zero attached hydrogens (tertiary/aromatic N) is 3. The number of anilines is 2. The molecule has 8 nitrogen and oxygen atoms in total. The Bertz CT molecular complexity index is 2010. The molecule has 0 saturated heterocycles. The van der Waals surface area contributed by atoms with Gasteiger partial charge in [0.05, 0.1) is 16.3 Å². The average Bonchev–Trinajstić information content (AvgIpc) is 3.54. The summed E-state index contributed by atoms with van der Waals surface area (Å²) in [5, 5.41) is 7.33. The van der Waals surface area contributed by atoms with E-state index in [2.05, 4.69) is 15.4 Å². The summed E-state index contributed by atoms with van der Waals surface area (Å²) in [4.78, 5) is 17.3. The van der Waals surface area contributed by atoms with Crippen molar-refractivity contribution in [3.8, 4) is 16.9 Å². The summed E-state index contributed by atoms with van der Waals surface area (Å²) in [6, 6.07) is 21.9. The minimum atomic E-state index is -4.61. The molecule has 12 heteroatoms. The van der Waals surface area contributed by atoms with Gasteiger partial charge in [-0.1, -0.05) is 61.0 Å². The van der Waals surface area contributed by atoms with E-state index >= 15 is 0 Å². The Hall–Kier alpha value is -4.71. The van der Waals surface area contributed by atoms with Gasteiger partial charge in [-0.2, -0.15) is 18.2 Å². The molecule has 0 saturated carbocycles. The van der Waals surface area contributed by atoms with Crippen molar-refractivity contribution in [1.82, 2.24) is 14.6 Å². The molecule has 3 aromatic carbocycles. The number of benzene rings is 3. The summed E-state index contributed by atoms with van der Waals surface area (Å²) in [7, 11) is -3.59. The SMILES string of the molecule is Cc1ccc([C@@H](C)C(=O)Cc2ccc(-c3ccc4nc(Nc5cc6c(cc5OCC(F)(F)F)S(=O)(=O)CC6)nn4c3)cc2)cc1. The second-order valence-electron chi connectivity index (χ2n) is 11.2. The lowest BCUT2D eigenvalue weighted by molar-refractivity contribution is -0.153. The van der Waals surface area contributed by atoms with Crippen LogP contribution < -0.4 is 10.1 Å². The molecule has 1 atom stereocenters. The molecule has 3 heterocycles. The van der Waals surface area contributed by atoms with Gasteiger partial charge in [0.2, 0.25) is 5.95 Å². The predicted molar refractivity (Wildman–Crippen MR) is 164 cm³/mol. The number of aryl methyl sites for hydroxylation is 2. The quantitative estimate of drug-likeness (QED) is 0.194. The fraction of sp³-hybridized carbons (Fsp3) is 0.242. The third kappa shape index (κ3) is 6.70. The molecule has 0 spiro atoms. The van der Waals surface area contributed by atoms with E-state index in [1.165, 1.54) is 10.6 Å². The zero-order valence-electron chi connectivity index (χ0n) is 24.4. The number of carbonyl (C=O) groups is 1. The number of aromatic nitrogens is 3. The first-order valence-electron chi connectivity index (χ1n) is 14.3. The maximum atomic E-state index is 12.9. The van der Waals surface area contributed by atoms with Gasteiger partial charge < -0.3 is 10.1 Å². The number of nitrogens with one attached hydrogen (secondary N) is 1. The monoisotopic (exact) mass is 634 g/mol. The molecule has 0 radical (unpaired) electrons. The van der Waals surface area contributed by atoms with Crippen LogP contribution in [0.1, 0.15) is 35.1 Å². The standard InChI is InChI=1S/C33H29F3N4O4S/c1-20-3-7-23(8-4-20)21(2)28(41)15-22-5-9-24(10-6-22)26-11-12-31-38-32(39-40(31)18-26)37-27-16-25-13-14-45(42,43)30(25)17-29(27)44-19-33(34,35)36/h3-12,16-18,21H,13-15,19H2,1-2H3,(H,37,39)/t21-/m1/s1. The molecule has 0 bridgehead atoms. The van der Waals surface area contributed by atoms with Crippen molar-refractivity contribution in [2.75, 3.05) is 17.7 Å². The Labute approximate surface area is 257 Å². The van der Waals surface area contributed by atoms with E-state index < -0.39 is 22.6 Å². The maximum Gasteiger partial charge on any atom is 0.422 e. The van der Waals surface area contributed by atoms with Crippen LogP contribution in [-0.4, -0.2) is 47.3 Å². The zero-order chi connectivity index (χ0) is 31.9. The number of sulfone groups is 1. The summed E-state index contributed by atoms with van der Waals surface area (Å²) in [5.41, 5.74) is 5.87. The lowest BCUT2D eigenvalue weighted by Gasteiger charge is -2.15. The first kappa shape index (κ1) is 30.3. The van der Waals surface area contributed by atoms with Gasteiger partial charge in [-0.3, -0.25) is 4.79 Å². The van der Waals surface area contributed by atoms with Crippen molar-refractivity contribution in [1.29, 1.82) is 0 Å². The minimum absolute atomic E-state index is 0.0333. The second-order valence-corrected chi connectivity index (χ2v) is 13.3. The Balaban J connectivity index is 1.19. The first-order valence-corrected chi connectivity index (χ1v) is 15.9. The average molecular weight is 635 g/mol. The highest BCUT2D eigenvalue weighted by Gasteiger charge is 2.32. The Morgan fingerprint density at radius 2 is 1.73 bits per heavy atom. The molecule has 0 fully saturated rings. The van der Waals surface area contributed by atoms with E-state index in [-0.39, 0.29) is 46.2 Å². The van der Waals surface area contributed by atoms with Crippen molar-refractivity contribution in [2.45, 2.75) is 43.7 Å². The van der Waals surface area contributed by atoms with Gasteiger partial charge in [-0.15, -0.1) is 5.10 Å². The molecule has 0 unspecified atom stereocenters. The van der Waals surface area contributed by atoms with E-state index in [0.717, 1.165) is 33.9 Å². The molecular weight excluding hydrogens is 605 g/mol. The Morgan fingerprint density at radius 1 is 1.02 bits per heavy atom. The van der Waals surface area contributed by atoms with Crippen LogP contribution in [0.5, 0.6) is 5.75 Å². The fourth-order valence-corrected chi connectivity index (χ4v) is 6.82. The van der Waals surface area contributed by atoms with Crippen LogP contribution in [0.2, 0.25) is 0 Å². The number of hydrogen-bond acceptors (Lipinski definition) is 7. The molecule has 0 amide bonds. The lowest BCUT2D eigenvalue weighted by atomic mass is 9.92. The Kier molecular flexibility index (Phi) is 7.86. The van der Waals surface area contributed by atoms with E-state index in [0.29, 0.717) is 17.6 Å². The zero-order valence-corrected chi connectivity index (χ0v) is 25.2. The molecule has 232 valence electrons. The van der Waals surface area contributed by atoms with Crippen LogP contribution in [-0.2, 0) is 27.5 Å². The number of carbonyl (C=O) groups excluding carboxylic acids is 1. The van der Waals surface area contributed by atoms with Crippen molar-refractivity contribution in [3.05, 3.63) is 101 Å². The van der Waals surface area contributed by atoms with Crippen LogP contribution in [0.4, 0.5) is 24.8 Å². The number of Topliss-reactive ketones (excluding diaryl/α,β-unsaturated/α-hetero) is 1. The smallest absolute Gasteiger partial charge is 0.422 e. The van der Waals surface area contributed by atoms with Crippen LogP contribution >= 0.6 is 0 Å². The summed E-state index contributed by atoms with van der Waals surface area (Å²) in [5.74, 6) is -0.360. The molecule has 6 rings (SSSR count). The summed E-state index contributed by atoms with van der Waals surface area (Å²) >= 11 is 0. The second kappa shape index (κ2) is 11.7. The van der Waals surface area contributed by atoms with Crippen molar-refractivity contribution in [3.63, 3.8) is 0 Å². The van der Waals surface area contributed by atoms with E-state index in [1.807, 2.05) is 68.4 Å². The first-order chi connectivity index (χ1) is 21.3. The van der Waals surface area contributed by atoms with E-state index in [4.69, 9.17) is 4.74 Å². The lowest BCUT2D eigenvalue weighted by Crippen LogP contribution is -2.19. The molecule has 0 aliphatic carbocycles. The van der Waals surface area contributed by atoms with Gasteiger partial charge in [0.1, 0.15) is 11.5 Å². The number of pyridine rings is 1. The highest BCUT2D eigenvalue weighted by molar-refractivity contribution is 7.91. The number of rotatable bonds is 9. The van der Waals surface area contributed by atoms with Gasteiger partial charge in [0.25, 0.3) is 0 Å². The van der Waals surface area contributed by atoms with Gasteiger partial charge in [0.15, 0.2) is 22.1 Å². The summed E-state index contributed by atoms with van der Waals surface area (Å²) in [6.45, 7) is 2.35. The molecular formula is C33H29F3N4O4S. The van der Waals surface area contributed by atoms with Gasteiger partial charge in [0, 0.05) is 30.2 Å². The van der Waals surface area contributed by atoms with Crippen LogP contribution in [0.3, 0.4) is 0 Å². The Morgan fingerprint density at radius 3 is 2.44 bits per heavy atom. The van der Waals surface area contributed by atoms with Crippen LogP contribution in [0.15, 0.2) is 83.9 Å². The summed E-state index contributed by atoms with van der Waals surface area (Å²) in [6.07, 6.45) is -2.29. The third-order valence-electron chi connectivity index (χ3n) is 7.83. The number of fused-ring (bicyclic) bond motifs is 2. The van der Waals surface area contributed by atoms with Crippen LogP contribution in [0.25, 0.3) is 16.8 Å². The molecule has 1 aliphatic heterocycles. The number of halogens is 3. The number of alkyl halides is 3. The largest absolute Gasteiger partial charge is 0.482 e. The van der Waals surface area contributed by atoms with Crippen molar-refractivity contribution < 1.29 is 31.1 Å². The van der Waals surface area contributed by atoms with Crippen LogP contribution in [0, 0.1) is 6.92 Å². The topological polar surface area (TPSA) is 103 Å². The van der Waals surface area contributed by atoms with Gasteiger partial charge in [-0.05, 0) is 53.8 Å². The summed E-state index contributed by atoms with van der Waals surface area (Å²) < 4.78 is 70.0. The minimum Gasteiger partial charge on any atom is -0.482 e. The molecule has 1 N–H and O–H groups in total. The molecule has 5 aromatic rings. The van der Waals surface area contributed by atoms with E-state index in [9.17, 15) is 26.4 Å². The van der Waals surface area contributed by atoms with Crippen molar-refractivity contribution >= 4 is 32.9 Å². The maximum absolute atomic E-state index is 12.9. The highest BCUT2D eigenvalue weighted by atomic mass is 32.2. The number of ether oxygens (including phenoxy) is 1.